The van der Waals surface area contributed by atoms with Crippen LogP contribution in [0.3, 0.4) is 0 Å². The van der Waals surface area contributed by atoms with Gasteiger partial charge in [0.25, 0.3) is 5.91 Å². The van der Waals surface area contributed by atoms with Crippen LogP contribution >= 0.6 is 27.5 Å². The van der Waals surface area contributed by atoms with E-state index < -0.39 is 0 Å². The SMILES string of the molecule is CC1CCN(C(=O)c2ccccc2Cl)CC1Br. The van der Waals surface area contributed by atoms with E-state index in [-0.39, 0.29) is 5.91 Å². The van der Waals surface area contributed by atoms with E-state index in [1.165, 1.54) is 0 Å². The number of piperidine rings is 1. The van der Waals surface area contributed by atoms with E-state index in [2.05, 4.69) is 22.9 Å². The number of hydrogen-bond donors (Lipinski definition) is 0. The molecule has 1 amide bonds. The second-order valence-corrected chi connectivity index (χ2v) is 6.10. The number of alkyl halides is 1. The lowest BCUT2D eigenvalue weighted by molar-refractivity contribution is 0.0706. The molecule has 2 rings (SSSR count). The summed E-state index contributed by atoms with van der Waals surface area (Å²) in [6, 6.07) is 7.22. The molecule has 4 heteroatoms. The molecule has 0 aliphatic carbocycles. The smallest absolute Gasteiger partial charge is 0.255 e. The van der Waals surface area contributed by atoms with Crippen molar-refractivity contribution < 1.29 is 4.79 Å². The number of carbonyl (C=O) groups is 1. The van der Waals surface area contributed by atoms with E-state index in [1.807, 2.05) is 17.0 Å². The summed E-state index contributed by atoms with van der Waals surface area (Å²) in [5.74, 6) is 0.650. The zero-order valence-electron chi connectivity index (χ0n) is 9.70. The summed E-state index contributed by atoms with van der Waals surface area (Å²) in [5, 5.41) is 0.530. The number of amides is 1. The highest BCUT2D eigenvalue weighted by Crippen LogP contribution is 2.25. The van der Waals surface area contributed by atoms with Crippen LogP contribution in [-0.4, -0.2) is 28.7 Å². The van der Waals surface area contributed by atoms with Gasteiger partial charge in [0, 0.05) is 17.9 Å². The zero-order chi connectivity index (χ0) is 12.4. The minimum absolute atomic E-state index is 0.0342. The quantitative estimate of drug-likeness (QED) is 0.725. The van der Waals surface area contributed by atoms with Gasteiger partial charge in [0.05, 0.1) is 10.6 Å². The first-order valence-corrected chi connectivity index (χ1v) is 7.07. The van der Waals surface area contributed by atoms with Gasteiger partial charge < -0.3 is 4.90 Å². The Kier molecular flexibility index (Phi) is 4.10. The second-order valence-electron chi connectivity index (χ2n) is 4.51. The molecule has 92 valence electrons. The lowest BCUT2D eigenvalue weighted by Gasteiger charge is -2.34. The first-order chi connectivity index (χ1) is 8.09. The zero-order valence-corrected chi connectivity index (χ0v) is 12.0. The van der Waals surface area contributed by atoms with Gasteiger partial charge in [-0.05, 0) is 24.5 Å². The summed E-state index contributed by atoms with van der Waals surface area (Å²) in [6.45, 7) is 3.77. The monoisotopic (exact) mass is 315 g/mol. The summed E-state index contributed by atoms with van der Waals surface area (Å²) >= 11 is 9.67. The Morgan fingerprint density at radius 1 is 1.47 bits per heavy atom. The number of rotatable bonds is 1. The van der Waals surface area contributed by atoms with Crippen molar-refractivity contribution in [2.45, 2.75) is 18.2 Å². The Hall–Kier alpha value is -0.540. The van der Waals surface area contributed by atoms with Crippen molar-refractivity contribution >= 4 is 33.4 Å². The predicted molar refractivity (Wildman–Crippen MR) is 73.9 cm³/mol. The molecule has 1 aliphatic heterocycles. The lowest BCUT2D eigenvalue weighted by atomic mass is 9.98. The third kappa shape index (κ3) is 2.83. The molecule has 0 N–H and O–H groups in total. The van der Waals surface area contributed by atoms with Crippen molar-refractivity contribution in [1.29, 1.82) is 0 Å². The number of nitrogens with zero attached hydrogens (tertiary/aromatic N) is 1. The highest BCUT2D eigenvalue weighted by atomic mass is 79.9. The molecule has 0 bridgehead atoms. The molecule has 2 unspecified atom stereocenters. The van der Waals surface area contributed by atoms with Crippen LogP contribution in [0.15, 0.2) is 24.3 Å². The van der Waals surface area contributed by atoms with Crippen molar-refractivity contribution in [2.24, 2.45) is 5.92 Å². The van der Waals surface area contributed by atoms with Crippen molar-refractivity contribution in [1.82, 2.24) is 4.90 Å². The molecule has 0 radical (unpaired) electrons. The molecule has 0 spiro atoms. The molecule has 2 atom stereocenters. The van der Waals surface area contributed by atoms with Gasteiger partial charge in [-0.25, -0.2) is 0 Å². The van der Waals surface area contributed by atoms with E-state index >= 15 is 0 Å². The van der Waals surface area contributed by atoms with Gasteiger partial charge in [0.15, 0.2) is 0 Å². The molecule has 17 heavy (non-hydrogen) atoms. The van der Waals surface area contributed by atoms with Gasteiger partial charge >= 0.3 is 0 Å². The maximum atomic E-state index is 12.3. The normalized spacial score (nSPS) is 24.8. The van der Waals surface area contributed by atoms with E-state index in [9.17, 15) is 4.79 Å². The fraction of sp³-hybridized carbons (Fsp3) is 0.462. The van der Waals surface area contributed by atoms with Crippen molar-refractivity contribution in [2.75, 3.05) is 13.1 Å². The van der Waals surface area contributed by atoms with E-state index in [0.29, 0.717) is 21.3 Å². The molecular weight excluding hydrogens is 302 g/mol. The van der Waals surface area contributed by atoms with E-state index in [0.717, 1.165) is 19.5 Å². The van der Waals surface area contributed by atoms with Crippen LogP contribution in [0.25, 0.3) is 0 Å². The highest BCUT2D eigenvalue weighted by Gasteiger charge is 2.28. The Morgan fingerprint density at radius 3 is 2.82 bits per heavy atom. The lowest BCUT2D eigenvalue weighted by Crippen LogP contribution is -2.43. The third-order valence-corrected chi connectivity index (χ3v) is 4.78. The number of carbonyl (C=O) groups excluding carboxylic acids is 1. The summed E-state index contributed by atoms with van der Waals surface area (Å²) < 4.78 is 0. The number of halogens is 2. The third-order valence-electron chi connectivity index (χ3n) is 3.26. The van der Waals surface area contributed by atoms with Crippen LogP contribution in [0.1, 0.15) is 23.7 Å². The molecule has 0 aromatic heterocycles. The minimum atomic E-state index is 0.0342. The Bertz CT molecular complexity index is 424. The van der Waals surface area contributed by atoms with Crippen LogP contribution in [0.4, 0.5) is 0 Å². The minimum Gasteiger partial charge on any atom is -0.337 e. The van der Waals surface area contributed by atoms with Gasteiger partial charge in [0.2, 0.25) is 0 Å². The molecule has 1 fully saturated rings. The van der Waals surface area contributed by atoms with E-state index in [1.54, 1.807) is 12.1 Å². The van der Waals surface area contributed by atoms with E-state index in [4.69, 9.17) is 11.6 Å². The predicted octanol–water partition coefficient (Wildman–Crippen LogP) is 3.59. The average Bonchev–Trinajstić information content (AvgIpc) is 2.32. The van der Waals surface area contributed by atoms with Gasteiger partial charge in [-0.3, -0.25) is 4.79 Å². The number of hydrogen-bond acceptors (Lipinski definition) is 1. The van der Waals surface area contributed by atoms with Crippen LogP contribution in [0.2, 0.25) is 5.02 Å². The molecule has 1 aliphatic rings. The molecule has 1 saturated heterocycles. The van der Waals surface area contributed by atoms with Crippen molar-refractivity contribution in [3.8, 4) is 0 Å². The molecule has 1 aromatic rings. The van der Waals surface area contributed by atoms with Gasteiger partial charge in [-0.15, -0.1) is 0 Å². The Morgan fingerprint density at radius 2 is 2.18 bits per heavy atom. The van der Waals surface area contributed by atoms with Crippen molar-refractivity contribution in [3.05, 3.63) is 34.9 Å². The molecule has 0 saturated carbocycles. The average molecular weight is 317 g/mol. The van der Waals surface area contributed by atoms with Gasteiger partial charge in [-0.2, -0.15) is 0 Å². The topological polar surface area (TPSA) is 20.3 Å². The summed E-state index contributed by atoms with van der Waals surface area (Å²) in [5.41, 5.74) is 0.600. The first-order valence-electron chi connectivity index (χ1n) is 5.77. The second kappa shape index (κ2) is 5.40. The van der Waals surface area contributed by atoms with Crippen LogP contribution < -0.4 is 0 Å². The van der Waals surface area contributed by atoms with Crippen molar-refractivity contribution in [3.63, 3.8) is 0 Å². The molecule has 2 nitrogen and oxygen atoms in total. The van der Waals surface area contributed by atoms with Crippen LogP contribution in [0.5, 0.6) is 0 Å². The van der Waals surface area contributed by atoms with Crippen LogP contribution in [-0.2, 0) is 0 Å². The summed E-state index contributed by atoms with van der Waals surface area (Å²) in [7, 11) is 0. The standard InChI is InChI=1S/C13H15BrClNO/c1-9-6-7-16(8-11(9)14)13(17)10-4-2-3-5-12(10)15/h2-5,9,11H,6-8H2,1H3. The molecular formula is C13H15BrClNO. The fourth-order valence-corrected chi connectivity index (χ4v) is 2.84. The summed E-state index contributed by atoms with van der Waals surface area (Å²) in [4.78, 5) is 14.5. The first kappa shape index (κ1) is 12.9. The maximum Gasteiger partial charge on any atom is 0.255 e. The van der Waals surface area contributed by atoms with Gasteiger partial charge in [-0.1, -0.05) is 46.6 Å². The number of likely N-dealkylation sites (tertiary alicyclic amines) is 1. The highest BCUT2D eigenvalue weighted by molar-refractivity contribution is 9.09. The summed E-state index contributed by atoms with van der Waals surface area (Å²) in [6.07, 6.45) is 1.03. The molecule has 1 heterocycles. The molecule has 1 aromatic carbocycles. The van der Waals surface area contributed by atoms with Crippen LogP contribution in [0, 0.1) is 5.92 Å². The fourth-order valence-electron chi connectivity index (χ4n) is 2.01. The Balaban J connectivity index is 2.14. The Labute approximate surface area is 115 Å². The number of benzene rings is 1. The largest absolute Gasteiger partial charge is 0.337 e. The maximum absolute atomic E-state index is 12.3. The van der Waals surface area contributed by atoms with Gasteiger partial charge in [0.1, 0.15) is 0 Å².